The number of carbonyl (C=O) groups excluding carboxylic acids is 1. The maximum absolute atomic E-state index is 11.3. The van der Waals surface area contributed by atoms with E-state index in [2.05, 4.69) is 22.9 Å². The van der Waals surface area contributed by atoms with E-state index in [1.807, 2.05) is 6.92 Å². The summed E-state index contributed by atoms with van der Waals surface area (Å²) >= 11 is 3.42. The minimum Gasteiger partial charge on any atom is -0.298 e. The minimum absolute atomic E-state index is 0.115. The van der Waals surface area contributed by atoms with Gasteiger partial charge in [-0.25, -0.2) is 0 Å². The molecule has 0 aliphatic rings. The molecule has 0 N–H and O–H groups in total. The standard InChI is InChI=1S/C10H19BrO/c1-3-5-6-8-9(11)10(12)7-4-2/h9H,3-8H2,1-2H3. The maximum atomic E-state index is 11.3. The Bertz CT molecular complexity index is 123. The van der Waals surface area contributed by atoms with E-state index in [0.29, 0.717) is 5.78 Å². The van der Waals surface area contributed by atoms with Crippen LogP contribution in [0.3, 0.4) is 0 Å². The van der Waals surface area contributed by atoms with Gasteiger partial charge in [0.05, 0.1) is 4.83 Å². The van der Waals surface area contributed by atoms with Gasteiger partial charge in [-0.1, -0.05) is 49.0 Å². The van der Waals surface area contributed by atoms with Gasteiger partial charge < -0.3 is 0 Å². The van der Waals surface area contributed by atoms with Crippen molar-refractivity contribution < 1.29 is 4.79 Å². The molecular weight excluding hydrogens is 216 g/mol. The molecule has 0 aromatic rings. The molecule has 0 bridgehead atoms. The molecule has 0 amide bonds. The summed E-state index contributed by atoms with van der Waals surface area (Å²) in [4.78, 5) is 11.4. The van der Waals surface area contributed by atoms with Crippen LogP contribution in [-0.4, -0.2) is 10.6 Å². The number of hydrogen-bond acceptors (Lipinski definition) is 1. The van der Waals surface area contributed by atoms with Crippen molar-refractivity contribution in [2.75, 3.05) is 0 Å². The first-order valence-corrected chi connectivity index (χ1v) is 5.80. The molecule has 0 radical (unpaired) electrons. The third kappa shape index (κ3) is 5.76. The van der Waals surface area contributed by atoms with Gasteiger partial charge in [-0.05, 0) is 12.8 Å². The zero-order chi connectivity index (χ0) is 9.40. The molecule has 2 heteroatoms. The SMILES string of the molecule is CCCCCC(Br)C(=O)CCC. The lowest BCUT2D eigenvalue weighted by molar-refractivity contribution is -0.118. The van der Waals surface area contributed by atoms with Gasteiger partial charge in [-0.3, -0.25) is 4.79 Å². The first-order valence-electron chi connectivity index (χ1n) is 4.89. The molecule has 0 aromatic carbocycles. The summed E-state index contributed by atoms with van der Waals surface area (Å²) in [5, 5.41) is 0. The number of alkyl halides is 1. The van der Waals surface area contributed by atoms with Crippen molar-refractivity contribution in [3.05, 3.63) is 0 Å². The van der Waals surface area contributed by atoms with Crippen molar-refractivity contribution in [2.24, 2.45) is 0 Å². The van der Waals surface area contributed by atoms with Gasteiger partial charge in [-0.2, -0.15) is 0 Å². The van der Waals surface area contributed by atoms with Gasteiger partial charge in [0, 0.05) is 6.42 Å². The van der Waals surface area contributed by atoms with Crippen LogP contribution in [0, 0.1) is 0 Å². The summed E-state index contributed by atoms with van der Waals surface area (Å²) in [5.74, 6) is 0.369. The second-order valence-corrected chi connectivity index (χ2v) is 4.28. The Morgan fingerprint density at radius 3 is 2.42 bits per heavy atom. The molecule has 0 fully saturated rings. The maximum Gasteiger partial charge on any atom is 0.146 e. The van der Waals surface area contributed by atoms with E-state index in [0.717, 1.165) is 19.3 Å². The van der Waals surface area contributed by atoms with E-state index >= 15 is 0 Å². The molecule has 0 aliphatic heterocycles. The van der Waals surface area contributed by atoms with E-state index in [1.165, 1.54) is 19.3 Å². The van der Waals surface area contributed by atoms with Gasteiger partial charge in [0.1, 0.15) is 5.78 Å². The molecular formula is C10H19BrO. The minimum atomic E-state index is 0.115. The van der Waals surface area contributed by atoms with Crippen molar-refractivity contribution >= 4 is 21.7 Å². The molecule has 0 spiro atoms. The van der Waals surface area contributed by atoms with E-state index in [4.69, 9.17) is 0 Å². The Balaban J connectivity index is 3.42. The number of ketones is 1. The van der Waals surface area contributed by atoms with Crippen molar-refractivity contribution in [2.45, 2.75) is 57.2 Å². The van der Waals surface area contributed by atoms with E-state index in [-0.39, 0.29) is 4.83 Å². The van der Waals surface area contributed by atoms with Crippen LogP contribution >= 0.6 is 15.9 Å². The zero-order valence-electron chi connectivity index (χ0n) is 8.11. The van der Waals surface area contributed by atoms with E-state index in [9.17, 15) is 4.79 Å². The summed E-state index contributed by atoms with van der Waals surface area (Å²) in [5.41, 5.74) is 0. The lowest BCUT2D eigenvalue weighted by Gasteiger charge is -2.06. The summed E-state index contributed by atoms with van der Waals surface area (Å²) in [6, 6.07) is 0. The molecule has 0 heterocycles. The number of Topliss-reactive ketones (excluding diaryl/α,β-unsaturated/α-hetero) is 1. The predicted octanol–water partition coefficient (Wildman–Crippen LogP) is 3.70. The second-order valence-electron chi connectivity index (χ2n) is 3.18. The lowest BCUT2D eigenvalue weighted by atomic mass is 10.1. The summed E-state index contributed by atoms with van der Waals surface area (Å²) in [6.45, 7) is 4.22. The molecule has 0 aromatic heterocycles. The van der Waals surface area contributed by atoms with Crippen LogP contribution in [0.25, 0.3) is 0 Å². The summed E-state index contributed by atoms with van der Waals surface area (Å²) < 4.78 is 0. The van der Waals surface area contributed by atoms with Gasteiger partial charge in [0.2, 0.25) is 0 Å². The summed E-state index contributed by atoms with van der Waals surface area (Å²) in [7, 11) is 0. The van der Waals surface area contributed by atoms with Crippen molar-refractivity contribution in [3.8, 4) is 0 Å². The fourth-order valence-electron chi connectivity index (χ4n) is 1.14. The number of halogens is 1. The average Bonchev–Trinajstić information content (AvgIpc) is 2.05. The first kappa shape index (κ1) is 12.2. The molecule has 72 valence electrons. The fourth-order valence-corrected chi connectivity index (χ4v) is 1.69. The Hall–Kier alpha value is 0.150. The van der Waals surface area contributed by atoms with Crippen LogP contribution in [0.5, 0.6) is 0 Å². The molecule has 12 heavy (non-hydrogen) atoms. The quantitative estimate of drug-likeness (QED) is 0.485. The highest BCUT2D eigenvalue weighted by Crippen LogP contribution is 2.14. The Morgan fingerprint density at radius 2 is 1.92 bits per heavy atom. The third-order valence-electron chi connectivity index (χ3n) is 1.91. The topological polar surface area (TPSA) is 17.1 Å². The zero-order valence-corrected chi connectivity index (χ0v) is 9.69. The highest BCUT2D eigenvalue weighted by Gasteiger charge is 2.12. The highest BCUT2D eigenvalue weighted by atomic mass is 79.9. The number of hydrogen-bond donors (Lipinski definition) is 0. The Labute approximate surface area is 84.1 Å². The van der Waals surface area contributed by atoms with Crippen LogP contribution in [0.15, 0.2) is 0 Å². The van der Waals surface area contributed by atoms with Gasteiger partial charge in [0.25, 0.3) is 0 Å². The van der Waals surface area contributed by atoms with Crippen LogP contribution in [-0.2, 0) is 4.79 Å². The predicted molar refractivity (Wildman–Crippen MR) is 56.8 cm³/mol. The molecule has 0 saturated carbocycles. The van der Waals surface area contributed by atoms with Crippen LogP contribution in [0.2, 0.25) is 0 Å². The fraction of sp³-hybridized carbons (Fsp3) is 0.900. The van der Waals surface area contributed by atoms with Crippen LogP contribution < -0.4 is 0 Å². The Morgan fingerprint density at radius 1 is 1.25 bits per heavy atom. The number of rotatable bonds is 7. The number of unbranched alkanes of at least 4 members (excludes halogenated alkanes) is 2. The van der Waals surface area contributed by atoms with Crippen molar-refractivity contribution in [1.29, 1.82) is 0 Å². The average molecular weight is 235 g/mol. The molecule has 0 saturated heterocycles. The first-order chi connectivity index (χ1) is 5.72. The molecule has 0 aliphatic carbocycles. The van der Waals surface area contributed by atoms with Crippen LogP contribution in [0.4, 0.5) is 0 Å². The summed E-state index contributed by atoms with van der Waals surface area (Å²) in [6.07, 6.45) is 6.33. The lowest BCUT2D eigenvalue weighted by Crippen LogP contribution is -2.12. The Kier molecular flexibility index (Phi) is 7.88. The molecule has 0 rings (SSSR count). The molecule has 1 nitrogen and oxygen atoms in total. The normalized spacial score (nSPS) is 12.9. The van der Waals surface area contributed by atoms with Crippen LogP contribution in [0.1, 0.15) is 52.4 Å². The highest BCUT2D eigenvalue weighted by molar-refractivity contribution is 9.10. The number of carbonyl (C=O) groups is 1. The molecule has 1 unspecified atom stereocenters. The van der Waals surface area contributed by atoms with Crippen molar-refractivity contribution in [3.63, 3.8) is 0 Å². The third-order valence-corrected chi connectivity index (χ3v) is 2.88. The van der Waals surface area contributed by atoms with E-state index in [1.54, 1.807) is 0 Å². The van der Waals surface area contributed by atoms with Gasteiger partial charge in [0.15, 0.2) is 0 Å². The largest absolute Gasteiger partial charge is 0.298 e. The van der Waals surface area contributed by atoms with Gasteiger partial charge >= 0.3 is 0 Å². The molecule has 1 atom stereocenters. The second kappa shape index (κ2) is 7.78. The van der Waals surface area contributed by atoms with E-state index < -0.39 is 0 Å². The van der Waals surface area contributed by atoms with Gasteiger partial charge in [-0.15, -0.1) is 0 Å². The van der Waals surface area contributed by atoms with Crippen molar-refractivity contribution in [1.82, 2.24) is 0 Å². The monoisotopic (exact) mass is 234 g/mol. The smallest absolute Gasteiger partial charge is 0.146 e.